The first-order valence-electron chi connectivity index (χ1n) is 6.99. The number of hydrogen-bond donors (Lipinski definition) is 1. The van der Waals surface area contributed by atoms with Crippen LogP contribution in [0.4, 0.5) is 10.2 Å². The van der Waals surface area contributed by atoms with Crippen LogP contribution in [0.5, 0.6) is 0 Å². The van der Waals surface area contributed by atoms with Gasteiger partial charge in [-0.3, -0.25) is 0 Å². The summed E-state index contributed by atoms with van der Waals surface area (Å²) in [6.45, 7) is 1.98. The minimum absolute atomic E-state index is 0.261. The molecule has 112 valence electrons. The highest BCUT2D eigenvalue weighted by atomic mass is 19.1. The molecule has 0 amide bonds. The van der Waals surface area contributed by atoms with E-state index in [0.29, 0.717) is 36.5 Å². The lowest BCUT2D eigenvalue weighted by atomic mass is 9.94. The van der Waals surface area contributed by atoms with E-state index in [0.717, 1.165) is 12.8 Å². The van der Waals surface area contributed by atoms with E-state index in [9.17, 15) is 4.39 Å². The van der Waals surface area contributed by atoms with Gasteiger partial charge < -0.3 is 14.8 Å². The third-order valence-corrected chi connectivity index (χ3v) is 4.01. The number of ether oxygens (including phenoxy) is 2. The maximum atomic E-state index is 13.4. The van der Waals surface area contributed by atoms with Crippen molar-refractivity contribution in [1.82, 2.24) is 9.97 Å². The van der Waals surface area contributed by atoms with Crippen molar-refractivity contribution in [2.24, 2.45) is 0 Å². The fourth-order valence-corrected chi connectivity index (χ4v) is 2.61. The number of methoxy groups -OCH3 is 1. The van der Waals surface area contributed by atoms with Gasteiger partial charge in [-0.05, 0) is 18.2 Å². The summed E-state index contributed by atoms with van der Waals surface area (Å²) in [5, 5.41) is 3.95. The SMILES string of the molecule is COC1(CNc2ncnc3ccc(F)cc23)CCOCC1. The predicted molar refractivity (Wildman–Crippen MR) is 77.8 cm³/mol. The topological polar surface area (TPSA) is 56.3 Å². The van der Waals surface area contributed by atoms with Crippen LogP contribution in [0.3, 0.4) is 0 Å². The largest absolute Gasteiger partial charge is 0.381 e. The van der Waals surface area contributed by atoms with E-state index in [1.165, 1.54) is 18.5 Å². The number of halogens is 1. The Labute approximate surface area is 122 Å². The van der Waals surface area contributed by atoms with E-state index in [-0.39, 0.29) is 11.4 Å². The van der Waals surface area contributed by atoms with Crippen LogP contribution in [-0.4, -0.2) is 42.4 Å². The number of benzene rings is 1. The second-order valence-corrected chi connectivity index (χ2v) is 5.24. The molecule has 0 aliphatic carbocycles. The molecule has 1 aliphatic heterocycles. The molecule has 0 saturated carbocycles. The number of rotatable bonds is 4. The average Bonchev–Trinajstić information content (AvgIpc) is 2.54. The first-order chi connectivity index (χ1) is 10.2. The van der Waals surface area contributed by atoms with Gasteiger partial charge in [0.1, 0.15) is 18.0 Å². The first-order valence-corrected chi connectivity index (χ1v) is 6.99. The van der Waals surface area contributed by atoms with Crippen LogP contribution in [0.25, 0.3) is 10.9 Å². The minimum Gasteiger partial charge on any atom is -0.381 e. The Hall–Kier alpha value is -1.79. The van der Waals surface area contributed by atoms with Crippen LogP contribution < -0.4 is 5.32 Å². The summed E-state index contributed by atoms with van der Waals surface area (Å²) in [7, 11) is 1.71. The maximum Gasteiger partial charge on any atom is 0.137 e. The normalized spacial score (nSPS) is 17.8. The smallest absolute Gasteiger partial charge is 0.137 e. The van der Waals surface area contributed by atoms with Crippen molar-refractivity contribution in [2.45, 2.75) is 18.4 Å². The van der Waals surface area contributed by atoms with Gasteiger partial charge in [0.15, 0.2) is 0 Å². The van der Waals surface area contributed by atoms with E-state index < -0.39 is 0 Å². The van der Waals surface area contributed by atoms with Gasteiger partial charge in [-0.2, -0.15) is 0 Å². The zero-order valence-corrected chi connectivity index (χ0v) is 11.9. The van der Waals surface area contributed by atoms with Gasteiger partial charge in [-0.15, -0.1) is 0 Å². The van der Waals surface area contributed by atoms with E-state index in [1.807, 2.05) is 0 Å². The van der Waals surface area contributed by atoms with Gasteiger partial charge in [0.2, 0.25) is 0 Å². The van der Waals surface area contributed by atoms with Crippen LogP contribution >= 0.6 is 0 Å². The van der Waals surface area contributed by atoms with Gasteiger partial charge in [0, 0.05) is 45.1 Å². The number of aromatic nitrogens is 2. The third kappa shape index (κ3) is 2.96. The lowest BCUT2D eigenvalue weighted by molar-refractivity contribution is -0.0807. The quantitative estimate of drug-likeness (QED) is 0.937. The summed E-state index contributed by atoms with van der Waals surface area (Å²) in [5.41, 5.74) is 0.454. The molecule has 1 saturated heterocycles. The van der Waals surface area contributed by atoms with Crippen LogP contribution in [-0.2, 0) is 9.47 Å². The minimum atomic E-state index is -0.298. The van der Waals surface area contributed by atoms with Crippen LogP contribution in [0.15, 0.2) is 24.5 Å². The van der Waals surface area contributed by atoms with Crippen molar-refractivity contribution < 1.29 is 13.9 Å². The van der Waals surface area contributed by atoms with Crippen LogP contribution in [0.2, 0.25) is 0 Å². The molecule has 0 unspecified atom stereocenters. The Bertz CT molecular complexity index is 629. The average molecular weight is 291 g/mol. The van der Waals surface area contributed by atoms with Gasteiger partial charge >= 0.3 is 0 Å². The van der Waals surface area contributed by atoms with E-state index in [1.54, 1.807) is 13.2 Å². The van der Waals surface area contributed by atoms with Gasteiger partial charge in [-0.25, -0.2) is 14.4 Å². The Morgan fingerprint density at radius 1 is 1.33 bits per heavy atom. The lowest BCUT2D eigenvalue weighted by Gasteiger charge is -2.36. The number of fused-ring (bicyclic) bond motifs is 1. The lowest BCUT2D eigenvalue weighted by Crippen LogP contribution is -2.44. The number of anilines is 1. The molecule has 0 bridgehead atoms. The van der Waals surface area contributed by atoms with Crippen LogP contribution in [0.1, 0.15) is 12.8 Å². The molecule has 1 fully saturated rings. The van der Waals surface area contributed by atoms with Crippen LogP contribution in [0, 0.1) is 5.82 Å². The molecular formula is C15H18FN3O2. The van der Waals surface area contributed by atoms with Gasteiger partial charge in [0.25, 0.3) is 0 Å². The molecule has 0 spiro atoms. The summed E-state index contributed by atoms with van der Waals surface area (Å²) in [5.74, 6) is 0.329. The molecule has 0 radical (unpaired) electrons. The molecule has 1 aliphatic rings. The standard InChI is InChI=1S/C15H18FN3O2/c1-20-15(4-6-21-7-5-15)9-17-14-12-8-11(16)2-3-13(12)18-10-19-14/h2-3,8,10H,4-7,9H2,1H3,(H,17,18,19). The van der Waals surface area contributed by atoms with E-state index in [2.05, 4.69) is 15.3 Å². The van der Waals surface area contributed by atoms with Crippen molar-refractivity contribution in [2.75, 3.05) is 32.2 Å². The highest BCUT2D eigenvalue weighted by Crippen LogP contribution is 2.26. The highest BCUT2D eigenvalue weighted by molar-refractivity contribution is 5.88. The molecule has 21 heavy (non-hydrogen) atoms. The maximum absolute atomic E-state index is 13.4. The number of hydrogen-bond acceptors (Lipinski definition) is 5. The van der Waals surface area contributed by atoms with Gasteiger partial charge in [-0.1, -0.05) is 0 Å². The Kier molecular flexibility index (Phi) is 3.98. The number of nitrogens with one attached hydrogen (secondary N) is 1. The second-order valence-electron chi connectivity index (χ2n) is 5.24. The molecule has 1 N–H and O–H groups in total. The molecule has 2 heterocycles. The summed E-state index contributed by atoms with van der Waals surface area (Å²) in [6.07, 6.45) is 3.13. The Morgan fingerprint density at radius 2 is 2.14 bits per heavy atom. The summed E-state index contributed by atoms with van der Waals surface area (Å²) in [6, 6.07) is 4.49. The zero-order chi connectivity index (χ0) is 14.7. The third-order valence-electron chi connectivity index (χ3n) is 4.01. The molecule has 5 nitrogen and oxygen atoms in total. The van der Waals surface area contributed by atoms with Crippen molar-refractivity contribution in [1.29, 1.82) is 0 Å². The molecule has 2 aromatic rings. The van der Waals surface area contributed by atoms with E-state index >= 15 is 0 Å². The predicted octanol–water partition coefficient (Wildman–Crippen LogP) is 2.38. The summed E-state index contributed by atoms with van der Waals surface area (Å²) < 4.78 is 24.5. The first kappa shape index (κ1) is 14.2. The second kappa shape index (κ2) is 5.91. The zero-order valence-electron chi connectivity index (χ0n) is 11.9. The Balaban J connectivity index is 1.83. The van der Waals surface area contributed by atoms with Crippen molar-refractivity contribution in [3.8, 4) is 0 Å². The fraction of sp³-hybridized carbons (Fsp3) is 0.467. The molecule has 0 atom stereocenters. The molecule has 1 aromatic carbocycles. The summed E-state index contributed by atoms with van der Waals surface area (Å²) >= 11 is 0. The van der Waals surface area contributed by atoms with E-state index in [4.69, 9.17) is 9.47 Å². The molecular weight excluding hydrogens is 273 g/mol. The number of nitrogens with zero attached hydrogens (tertiary/aromatic N) is 2. The highest BCUT2D eigenvalue weighted by Gasteiger charge is 2.32. The molecule has 6 heteroatoms. The van der Waals surface area contributed by atoms with Crippen molar-refractivity contribution in [3.63, 3.8) is 0 Å². The van der Waals surface area contributed by atoms with Gasteiger partial charge in [0.05, 0.1) is 11.1 Å². The summed E-state index contributed by atoms with van der Waals surface area (Å²) in [4.78, 5) is 8.37. The Morgan fingerprint density at radius 3 is 2.90 bits per heavy atom. The van der Waals surface area contributed by atoms with Crippen molar-refractivity contribution in [3.05, 3.63) is 30.3 Å². The van der Waals surface area contributed by atoms with Crippen molar-refractivity contribution >= 4 is 16.7 Å². The molecule has 1 aromatic heterocycles. The fourth-order valence-electron chi connectivity index (χ4n) is 2.61. The monoisotopic (exact) mass is 291 g/mol. The molecule has 3 rings (SSSR count).